The number of aryl methyl sites for hydroxylation is 2. The molecule has 2 heterocycles. The lowest BCUT2D eigenvalue weighted by Gasteiger charge is -2.30. The van der Waals surface area contributed by atoms with E-state index in [4.69, 9.17) is 0 Å². The van der Waals surface area contributed by atoms with Crippen molar-refractivity contribution < 1.29 is 4.79 Å². The van der Waals surface area contributed by atoms with Gasteiger partial charge in [0.15, 0.2) is 11.0 Å². The number of fused-ring (bicyclic) bond motifs is 2. The maximum Gasteiger partial charge on any atom is 0.237 e. The summed E-state index contributed by atoms with van der Waals surface area (Å²) in [6.45, 7) is 8.35. The lowest BCUT2D eigenvalue weighted by atomic mass is 9.84. The number of carbonyl (C=O) groups is 1. The van der Waals surface area contributed by atoms with E-state index in [-0.39, 0.29) is 11.2 Å². The number of rotatable bonds is 7. The fourth-order valence-electron chi connectivity index (χ4n) is 5.82. The Morgan fingerprint density at radius 1 is 1.12 bits per heavy atom. The number of hydrogen-bond acceptors (Lipinski definition) is 5. The summed E-state index contributed by atoms with van der Waals surface area (Å²) in [6.07, 6.45) is 5.43. The quantitative estimate of drug-likeness (QED) is 0.380. The highest BCUT2D eigenvalue weighted by Crippen LogP contribution is 2.53. The first-order chi connectivity index (χ1) is 15.9. The highest BCUT2D eigenvalue weighted by atomic mass is 32.2. The van der Waals surface area contributed by atoms with Gasteiger partial charge < -0.3 is 5.32 Å². The van der Waals surface area contributed by atoms with Crippen molar-refractivity contribution in [2.24, 2.45) is 17.8 Å². The van der Waals surface area contributed by atoms with Crippen LogP contribution in [0.3, 0.4) is 0 Å². The third kappa shape index (κ3) is 4.37. The Balaban J connectivity index is 1.40. The van der Waals surface area contributed by atoms with Crippen molar-refractivity contribution in [1.29, 1.82) is 0 Å². The highest BCUT2D eigenvalue weighted by Gasteiger charge is 2.43. The third-order valence-electron chi connectivity index (χ3n) is 7.61. The van der Waals surface area contributed by atoms with Crippen LogP contribution in [-0.4, -0.2) is 25.9 Å². The zero-order valence-corrected chi connectivity index (χ0v) is 21.4. The van der Waals surface area contributed by atoms with Gasteiger partial charge >= 0.3 is 0 Å². The van der Waals surface area contributed by atoms with Crippen LogP contribution in [0.4, 0.5) is 5.69 Å². The van der Waals surface area contributed by atoms with Crippen LogP contribution in [0.1, 0.15) is 56.7 Å². The maximum atomic E-state index is 13.1. The second-order valence-corrected chi connectivity index (χ2v) is 12.0. The lowest BCUT2D eigenvalue weighted by molar-refractivity contribution is -0.115. The van der Waals surface area contributed by atoms with Gasteiger partial charge in [-0.05, 0) is 87.3 Å². The number of anilines is 1. The monoisotopic (exact) mass is 480 g/mol. The fraction of sp³-hybridized carbons (Fsp3) is 0.500. The molecule has 3 aromatic rings. The average molecular weight is 481 g/mol. The molecule has 5 atom stereocenters. The van der Waals surface area contributed by atoms with Crippen molar-refractivity contribution in [3.8, 4) is 10.7 Å². The number of para-hydroxylation sites is 1. The van der Waals surface area contributed by atoms with Crippen LogP contribution in [0.15, 0.2) is 40.9 Å². The number of nitrogens with zero attached hydrogens (tertiary/aromatic N) is 3. The predicted molar refractivity (Wildman–Crippen MR) is 137 cm³/mol. The van der Waals surface area contributed by atoms with E-state index in [1.54, 1.807) is 11.3 Å². The van der Waals surface area contributed by atoms with Crippen molar-refractivity contribution in [3.63, 3.8) is 0 Å². The molecule has 2 aliphatic carbocycles. The molecule has 2 bridgehead atoms. The Kier molecular flexibility index (Phi) is 6.36. The molecule has 174 valence electrons. The normalized spacial score (nSPS) is 23.6. The Bertz CT molecular complexity index is 1120. The minimum atomic E-state index is -0.282. The van der Waals surface area contributed by atoms with Crippen molar-refractivity contribution in [2.45, 2.75) is 69.8 Å². The number of amides is 1. The van der Waals surface area contributed by atoms with Gasteiger partial charge in [-0.3, -0.25) is 9.36 Å². The Labute approximate surface area is 204 Å². The van der Waals surface area contributed by atoms with Crippen LogP contribution < -0.4 is 5.32 Å². The van der Waals surface area contributed by atoms with E-state index in [2.05, 4.69) is 44.5 Å². The van der Waals surface area contributed by atoms with Gasteiger partial charge in [-0.2, -0.15) is 0 Å². The van der Waals surface area contributed by atoms with E-state index in [9.17, 15) is 4.79 Å². The molecule has 0 radical (unpaired) electrons. The zero-order chi connectivity index (χ0) is 23.1. The number of thioether (sulfide) groups is 1. The van der Waals surface area contributed by atoms with Crippen molar-refractivity contribution in [3.05, 3.63) is 46.8 Å². The van der Waals surface area contributed by atoms with Gasteiger partial charge in [0.25, 0.3) is 0 Å². The Morgan fingerprint density at radius 3 is 2.55 bits per heavy atom. The number of carbonyl (C=O) groups excluding carboxylic acids is 1. The Morgan fingerprint density at radius 2 is 1.91 bits per heavy atom. The summed E-state index contributed by atoms with van der Waals surface area (Å²) in [6, 6.07) is 10.6. The zero-order valence-electron chi connectivity index (χ0n) is 19.7. The molecule has 5 unspecified atom stereocenters. The first kappa shape index (κ1) is 22.7. The van der Waals surface area contributed by atoms with E-state index >= 15 is 0 Å². The van der Waals surface area contributed by atoms with Crippen LogP contribution in [0.25, 0.3) is 10.7 Å². The molecule has 7 heteroatoms. The second-order valence-electron chi connectivity index (χ2n) is 9.75. The van der Waals surface area contributed by atoms with Gasteiger partial charge in [0.1, 0.15) is 0 Å². The SMILES string of the molecule is Cc1cccc(C)c1NC(=O)C(C)Sc1nnc(-c2cccs2)n1C(C)C1CC2CCC1C2. The van der Waals surface area contributed by atoms with Gasteiger partial charge in [-0.25, -0.2) is 0 Å². The molecular formula is C26H32N4OS2. The number of hydrogen-bond donors (Lipinski definition) is 1. The topological polar surface area (TPSA) is 59.8 Å². The fourth-order valence-corrected chi connectivity index (χ4v) is 7.46. The summed E-state index contributed by atoms with van der Waals surface area (Å²) >= 11 is 3.21. The summed E-state index contributed by atoms with van der Waals surface area (Å²) in [7, 11) is 0. The molecule has 2 saturated carbocycles. The lowest BCUT2D eigenvalue weighted by Crippen LogP contribution is -2.26. The maximum absolute atomic E-state index is 13.1. The largest absolute Gasteiger partial charge is 0.325 e. The minimum absolute atomic E-state index is 0.00259. The van der Waals surface area contributed by atoms with Gasteiger partial charge in [0, 0.05) is 11.7 Å². The summed E-state index contributed by atoms with van der Waals surface area (Å²) in [5, 5.41) is 15.0. The average Bonchev–Trinajstić information content (AvgIpc) is 3.59. The standard InChI is InChI=1S/C26H32N4OS2/c1-15-7-5-8-16(2)23(15)27-25(31)18(4)33-26-29-28-24(22-9-6-12-32-22)30(26)17(3)21-14-19-10-11-20(21)13-19/h5-9,12,17-21H,10-11,13-14H2,1-4H3,(H,27,31). The predicted octanol–water partition coefficient (Wildman–Crippen LogP) is 6.74. The van der Waals surface area contributed by atoms with Crippen LogP contribution in [0, 0.1) is 31.6 Å². The summed E-state index contributed by atoms with van der Waals surface area (Å²) in [5.41, 5.74) is 3.06. The molecule has 0 saturated heterocycles. The number of aromatic nitrogens is 3. The van der Waals surface area contributed by atoms with Gasteiger partial charge in [-0.15, -0.1) is 21.5 Å². The molecule has 1 amide bonds. The second kappa shape index (κ2) is 9.26. The van der Waals surface area contributed by atoms with Crippen LogP contribution in [0.5, 0.6) is 0 Å². The van der Waals surface area contributed by atoms with E-state index in [1.807, 2.05) is 39.0 Å². The molecule has 33 heavy (non-hydrogen) atoms. The van der Waals surface area contributed by atoms with Crippen LogP contribution >= 0.6 is 23.1 Å². The van der Waals surface area contributed by atoms with E-state index in [0.717, 1.165) is 44.5 Å². The molecule has 2 aromatic heterocycles. The summed E-state index contributed by atoms with van der Waals surface area (Å²) in [5.74, 6) is 3.30. The molecule has 0 spiro atoms. The van der Waals surface area contributed by atoms with Gasteiger partial charge in [0.05, 0.1) is 10.1 Å². The molecule has 2 aliphatic rings. The molecule has 2 fully saturated rings. The summed E-state index contributed by atoms with van der Waals surface area (Å²) in [4.78, 5) is 14.2. The smallest absolute Gasteiger partial charge is 0.237 e. The molecule has 5 rings (SSSR count). The molecule has 1 N–H and O–H groups in total. The molecule has 5 nitrogen and oxygen atoms in total. The number of thiophene rings is 1. The van der Waals surface area contributed by atoms with Gasteiger partial charge in [-0.1, -0.05) is 42.4 Å². The number of benzene rings is 1. The first-order valence-electron chi connectivity index (χ1n) is 11.9. The van der Waals surface area contributed by atoms with E-state index < -0.39 is 0 Å². The minimum Gasteiger partial charge on any atom is -0.325 e. The van der Waals surface area contributed by atoms with Crippen molar-refractivity contribution in [2.75, 3.05) is 5.32 Å². The molecular weight excluding hydrogens is 448 g/mol. The number of nitrogens with one attached hydrogen (secondary N) is 1. The van der Waals surface area contributed by atoms with E-state index in [1.165, 1.54) is 37.4 Å². The van der Waals surface area contributed by atoms with Crippen LogP contribution in [-0.2, 0) is 4.79 Å². The van der Waals surface area contributed by atoms with E-state index in [0.29, 0.717) is 12.0 Å². The van der Waals surface area contributed by atoms with Crippen molar-refractivity contribution >= 4 is 34.7 Å². The van der Waals surface area contributed by atoms with Crippen LogP contribution in [0.2, 0.25) is 0 Å². The molecule has 0 aliphatic heterocycles. The molecule has 1 aromatic carbocycles. The van der Waals surface area contributed by atoms with Crippen molar-refractivity contribution in [1.82, 2.24) is 14.8 Å². The Hall–Kier alpha value is -2.12. The first-order valence-corrected chi connectivity index (χ1v) is 13.7. The summed E-state index contributed by atoms with van der Waals surface area (Å²) < 4.78 is 2.32. The van der Waals surface area contributed by atoms with Gasteiger partial charge in [0.2, 0.25) is 5.91 Å². The third-order valence-corrected chi connectivity index (χ3v) is 9.53. The highest BCUT2D eigenvalue weighted by molar-refractivity contribution is 8.00.